The van der Waals surface area contributed by atoms with Crippen molar-refractivity contribution >= 4 is 5.91 Å². The molecule has 0 bridgehead atoms. The number of carbonyl (C=O) groups excluding carboxylic acids is 1. The third-order valence-corrected chi connectivity index (χ3v) is 3.30. The van der Waals surface area contributed by atoms with Crippen LogP contribution in [0.1, 0.15) is 29.9 Å². The molecule has 0 radical (unpaired) electrons. The summed E-state index contributed by atoms with van der Waals surface area (Å²) in [7, 11) is 3.27. The third kappa shape index (κ3) is 2.20. The van der Waals surface area contributed by atoms with Gasteiger partial charge in [-0.1, -0.05) is 0 Å². The Labute approximate surface area is 101 Å². The zero-order chi connectivity index (χ0) is 12.4. The van der Waals surface area contributed by atoms with E-state index in [1.165, 1.54) is 5.56 Å². The number of fused-ring (bicyclic) bond motifs is 1. The van der Waals surface area contributed by atoms with Gasteiger partial charge >= 0.3 is 0 Å². The summed E-state index contributed by atoms with van der Waals surface area (Å²) in [5.74, 6) is 1.54. The Kier molecular flexibility index (Phi) is 3.22. The Morgan fingerprint density at radius 2 is 2.18 bits per heavy atom. The molecule has 0 fully saturated rings. The first-order valence-corrected chi connectivity index (χ1v) is 5.68. The number of methoxy groups -OCH3 is 2. The monoisotopic (exact) mass is 235 g/mol. The molecule has 1 aromatic rings. The Balaban J connectivity index is 2.39. The first-order chi connectivity index (χ1) is 8.15. The fraction of sp³-hybridized carbons (Fsp3) is 0.462. The standard InChI is InChI=1S/C13H17NO3/c1-16-9-6-11-8(5-13(14)15)3-4-10(11)12(7-9)17-2/h6-8H,3-5H2,1-2H3,(H2,14,15). The number of rotatable bonds is 4. The minimum atomic E-state index is -0.260. The molecule has 92 valence electrons. The maximum absolute atomic E-state index is 11.0. The van der Waals surface area contributed by atoms with Crippen LogP contribution < -0.4 is 15.2 Å². The lowest BCUT2D eigenvalue weighted by molar-refractivity contribution is -0.118. The summed E-state index contributed by atoms with van der Waals surface area (Å²) >= 11 is 0. The van der Waals surface area contributed by atoms with Gasteiger partial charge in [-0.25, -0.2) is 0 Å². The number of amides is 1. The zero-order valence-electron chi connectivity index (χ0n) is 10.2. The second-order valence-corrected chi connectivity index (χ2v) is 4.30. The average Bonchev–Trinajstić information content (AvgIpc) is 2.70. The number of hydrogen-bond acceptors (Lipinski definition) is 3. The highest BCUT2D eigenvalue weighted by Gasteiger charge is 2.27. The van der Waals surface area contributed by atoms with E-state index in [1.807, 2.05) is 12.1 Å². The maximum atomic E-state index is 11.0. The largest absolute Gasteiger partial charge is 0.497 e. The summed E-state index contributed by atoms with van der Waals surface area (Å²) in [4.78, 5) is 11.0. The molecule has 2 N–H and O–H groups in total. The van der Waals surface area contributed by atoms with Gasteiger partial charge in [-0.3, -0.25) is 4.79 Å². The molecule has 4 nitrogen and oxygen atoms in total. The van der Waals surface area contributed by atoms with Crippen molar-refractivity contribution in [3.8, 4) is 11.5 Å². The maximum Gasteiger partial charge on any atom is 0.218 e. The first-order valence-electron chi connectivity index (χ1n) is 5.68. The minimum Gasteiger partial charge on any atom is -0.497 e. The molecular formula is C13H17NO3. The number of benzene rings is 1. The molecule has 0 saturated heterocycles. The van der Waals surface area contributed by atoms with Crippen molar-refractivity contribution < 1.29 is 14.3 Å². The smallest absolute Gasteiger partial charge is 0.218 e. The van der Waals surface area contributed by atoms with Crippen LogP contribution in [0.15, 0.2) is 12.1 Å². The normalized spacial score (nSPS) is 17.6. The van der Waals surface area contributed by atoms with Crippen LogP contribution in [0.25, 0.3) is 0 Å². The highest BCUT2D eigenvalue weighted by Crippen LogP contribution is 2.42. The average molecular weight is 235 g/mol. The van der Waals surface area contributed by atoms with Gasteiger partial charge in [0.15, 0.2) is 0 Å². The second-order valence-electron chi connectivity index (χ2n) is 4.30. The lowest BCUT2D eigenvalue weighted by Gasteiger charge is -2.13. The molecule has 1 aliphatic rings. The van der Waals surface area contributed by atoms with Crippen molar-refractivity contribution in [3.05, 3.63) is 23.3 Å². The molecule has 2 rings (SSSR count). The highest BCUT2D eigenvalue weighted by atomic mass is 16.5. The molecule has 0 aromatic heterocycles. The quantitative estimate of drug-likeness (QED) is 0.862. The number of ether oxygens (including phenoxy) is 2. The summed E-state index contributed by atoms with van der Waals surface area (Å²) < 4.78 is 10.6. The van der Waals surface area contributed by atoms with Crippen LogP contribution in [0.5, 0.6) is 11.5 Å². The third-order valence-electron chi connectivity index (χ3n) is 3.30. The summed E-state index contributed by atoms with van der Waals surface area (Å²) in [6.45, 7) is 0. The van der Waals surface area contributed by atoms with Gasteiger partial charge in [0, 0.05) is 12.5 Å². The van der Waals surface area contributed by atoms with E-state index in [0.29, 0.717) is 6.42 Å². The molecule has 1 aromatic carbocycles. The molecular weight excluding hydrogens is 218 g/mol. The molecule has 1 aliphatic carbocycles. The molecule has 0 aliphatic heterocycles. The van der Waals surface area contributed by atoms with E-state index >= 15 is 0 Å². The lowest BCUT2D eigenvalue weighted by atomic mass is 9.97. The molecule has 4 heteroatoms. The minimum absolute atomic E-state index is 0.200. The van der Waals surface area contributed by atoms with E-state index in [9.17, 15) is 4.79 Å². The van der Waals surface area contributed by atoms with Crippen LogP contribution >= 0.6 is 0 Å². The Hall–Kier alpha value is -1.71. The van der Waals surface area contributed by atoms with Gasteiger partial charge in [0.25, 0.3) is 0 Å². The zero-order valence-corrected chi connectivity index (χ0v) is 10.2. The van der Waals surface area contributed by atoms with Gasteiger partial charge in [-0.05, 0) is 36.0 Å². The van der Waals surface area contributed by atoms with Crippen molar-refractivity contribution in [3.63, 3.8) is 0 Å². The van der Waals surface area contributed by atoms with Gasteiger partial charge < -0.3 is 15.2 Å². The van der Waals surface area contributed by atoms with Gasteiger partial charge in [0.05, 0.1) is 14.2 Å². The number of hydrogen-bond donors (Lipinski definition) is 1. The molecule has 1 amide bonds. The van der Waals surface area contributed by atoms with E-state index in [4.69, 9.17) is 15.2 Å². The molecule has 1 unspecified atom stereocenters. The van der Waals surface area contributed by atoms with Crippen molar-refractivity contribution in [2.75, 3.05) is 14.2 Å². The first kappa shape index (κ1) is 11.8. The Bertz CT molecular complexity index is 443. The predicted molar refractivity (Wildman–Crippen MR) is 64.4 cm³/mol. The van der Waals surface area contributed by atoms with E-state index in [2.05, 4.69) is 0 Å². The SMILES string of the molecule is COc1cc(OC)c2c(c1)C(CC(N)=O)CC2. The van der Waals surface area contributed by atoms with Gasteiger partial charge in [-0.2, -0.15) is 0 Å². The van der Waals surface area contributed by atoms with Crippen LogP contribution in [-0.2, 0) is 11.2 Å². The van der Waals surface area contributed by atoms with E-state index in [-0.39, 0.29) is 11.8 Å². The van der Waals surface area contributed by atoms with E-state index < -0.39 is 0 Å². The van der Waals surface area contributed by atoms with E-state index in [1.54, 1.807) is 14.2 Å². The van der Waals surface area contributed by atoms with Crippen molar-refractivity contribution in [2.24, 2.45) is 5.73 Å². The summed E-state index contributed by atoms with van der Waals surface area (Å²) in [6, 6.07) is 3.87. The van der Waals surface area contributed by atoms with Gasteiger partial charge in [0.1, 0.15) is 11.5 Å². The fourth-order valence-electron chi connectivity index (χ4n) is 2.50. The number of carbonyl (C=O) groups is 1. The van der Waals surface area contributed by atoms with Crippen molar-refractivity contribution in [1.29, 1.82) is 0 Å². The topological polar surface area (TPSA) is 61.6 Å². The summed E-state index contributed by atoms with van der Waals surface area (Å²) in [6.07, 6.45) is 2.27. The lowest BCUT2D eigenvalue weighted by Crippen LogP contribution is -2.14. The van der Waals surface area contributed by atoms with Crippen molar-refractivity contribution in [1.82, 2.24) is 0 Å². The van der Waals surface area contributed by atoms with Gasteiger partial charge in [0.2, 0.25) is 5.91 Å². The van der Waals surface area contributed by atoms with Crippen LogP contribution in [0.4, 0.5) is 0 Å². The Morgan fingerprint density at radius 1 is 1.41 bits per heavy atom. The number of primary amides is 1. The van der Waals surface area contributed by atoms with Crippen LogP contribution in [-0.4, -0.2) is 20.1 Å². The van der Waals surface area contributed by atoms with Crippen LogP contribution in [0.3, 0.4) is 0 Å². The van der Waals surface area contributed by atoms with E-state index in [0.717, 1.165) is 29.9 Å². The molecule has 17 heavy (non-hydrogen) atoms. The second kappa shape index (κ2) is 4.65. The highest BCUT2D eigenvalue weighted by molar-refractivity contribution is 5.75. The summed E-state index contributed by atoms with van der Waals surface area (Å²) in [5.41, 5.74) is 7.59. The Morgan fingerprint density at radius 3 is 2.76 bits per heavy atom. The number of nitrogens with two attached hydrogens (primary N) is 1. The molecule has 1 atom stereocenters. The molecule has 0 spiro atoms. The molecule has 0 saturated carbocycles. The summed E-state index contributed by atoms with van der Waals surface area (Å²) in [5, 5.41) is 0. The van der Waals surface area contributed by atoms with Crippen LogP contribution in [0.2, 0.25) is 0 Å². The fourth-order valence-corrected chi connectivity index (χ4v) is 2.50. The van der Waals surface area contributed by atoms with Crippen molar-refractivity contribution in [2.45, 2.75) is 25.2 Å². The van der Waals surface area contributed by atoms with Crippen LogP contribution in [0, 0.1) is 0 Å². The predicted octanol–water partition coefficient (Wildman–Crippen LogP) is 1.61. The van der Waals surface area contributed by atoms with Gasteiger partial charge in [-0.15, -0.1) is 0 Å². The molecule has 0 heterocycles.